The number of halogens is 4. The van der Waals surface area contributed by atoms with Gasteiger partial charge in [0.2, 0.25) is 0 Å². The lowest BCUT2D eigenvalue weighted by atomic mass is 10.2. The second kappa shape index (κ2) is 3.05. The van der Waals surface area contributed by atoms with Gasteiger partial charge in [-0.3, -0.25) is 4.98 Å². The minimum atomic E-state index is -4.37. The van der Waals surface area contributed by atoms with Crippen LogP contribution < -0.4 is 0 Å². The van der Waals surface area contributed by atoms with Crippen LogP contribution in [0.4, 0.5) is 13.2 Å². The Morgan fingerprint density at radius 1 is 1.42 bits per heavy atom. The quantitative estimate of drug-likeness (QED) is 0.678. The molecule has 1 aromatic rings. The summed E-state index contributed by atoms with van der Waals surface area (Å²) in [7, 11) is 0. The topological polar surface area (TPSA) is 12.9 Å². The van der Waals surface area contributed by atoms with Crippen molar-refractivity contribution in [2.75, 3.05) is 0 Å². The van der Waals surface area contributed by atoms with E-state index in [1.165, 1.54) is 13.0 Å². The van der Waals surface area contributed by atoms with Crippen molar-refractivity contribution in [3.05, 3.63) is 28.0 Å². The highest BCUT2D eigenvalue weighted by atomic mass is 79.9. The molecule has 0 aliphatic rings. The normalized spacial score (nSPS) is 11.8. The molecule has 0 radical (unpaired) electrons. The number of aromatic nitrogens is 1. The number of hydrogen-bond acceptors (Lipinski definition) is 1. The van der Waals surface area contributed by atoms with Gasteiger partial charge in [0, 0.05) is 10.7 Å². The van der Waals surface area contributed by atoms with Crippen LogP contribution in [0.5, 0.6) is 0 Å². The Labute approximate surface area is 75.7 Å². The molecule has 0 aromatic carbocycles. The smallest absolute Gasteiger partial charge is 0.251 e. The largest absolute Gasteiger partial charge is 0.433 e. The van der Waals surface area contributed by atoms with Gasteiger partial charge in [-0.05, 0) is 18.6 Å². The van der Waals surface area contributed by atoms with E-state index in [0.29, 0.717) is 4.47 Å². The third-order valence-electron chi connectivity index (χ3n) is 1.41. The van der Waals surface area contributed by atoms with Crippen molar-refractivity contribution < 1.29 is 13.2 Å². The van der Waals surface area contributed by atoms with Crippen molar-refractivity contribution in [1.82, 2.24) is 4.98 Å². The van der Waals surface area contributed by atoms with Gasteiger partial charge in [-0.1, -0.05) is 15.9 Å². The molecule has 0 fully saturated rings. The fraction of sp³-hybridized carbons (Fsp3) is 0.286. The first-order chi connectivity index (χ1) is 5.43. The van der Waals surface area contributed by atoms with Crippen molar-refractivity contribution >= 4 is 15.9 Å². The number of nitrogens with zero attached hydrogens (tertiary/aromatic N) is 1. The fourth-order valence-electron chi connectivity index (χ4n) is 0.798. The van der Waals surface area contributed by atoms with Gasteiger partial charge in [0.25, 0.3) is 0 Å². The molecule has 0 atom stereocenters. The van der Waals surface area contributed by atoms with E-state index < -0.39 is 11.9 Å². The maximum absolute atomic E-state index is 12.1. The van der Waals surface area contributed by atoms with E-state index in [1.54, 1.807) is 0 Å². The highest BCUT2D eigenvalue weighted by Gasteiger charge is 2.34. The molecule has 66 valence electrons. The average Bonchev–Trinajstić information content (AvgIpc) is 1.92. The Morgan fingerprint density at radius 3 is 2.42 bits per heavy atom. The van der Waals surface area contributed by atoms with Crippen LogP contribution in [0.1, 0.15) is 11.3 Å². The van der Waals surface area contributed by atoms with Crippen molar-refractivity contribution in [2.24, 2.45) is 0 Å². The maximum Gasteiger partial charge on any atom is 0.433 e. The van der Waals surface area contributed by atoms with E-state index in [2.05, 4.69) is 20.9 Å². The van der Waals surface area contributed by atoms with Crippen LogP contribution in [0, 0.1) is 6.92 Å². The van der Waals surface area contributed by atoms with Gasteiger partial charge in [-0.15, -0.1) is 0 Å². The summed E-state index contributed by atoms with van der Waals surface area (Å²) in [6.45, 7) is 1.37. The number of pyridine rings is 1. The van der Waals surface area contributed by atoms with Crippen LogP contribution in [0.15, 0.2) is 16.7 Å². The third-order valence-corrected chi connectivity index (χ3v) is 2.27. The molecule has 0 saturated heterocycles. The average molecular weight is 240 g/mol. The van der Waals surface area contributed by atoms with Crippen LogP contribution in [0.25, 0.3) is 0 Å². The van der Waals surface area contributed by atoms with E-state index in [0.717, 1.165) is 6.20 Å². The first-order valence-electron chi connectivity index (χ1n) is 3.11. The van der Waals surface area contributed by atoms with Crippen LogP contribution in [0.3, 0.4) is 0 Å². The van der Waals surface area contributed by atoms with Gasteiger partial charge < -0.3 is 0 Å². The van der Waals surface area contributed by atoms with E-state index in [9.17, 15) is 13.2 Å². The summed E-state index contributed by atoms with van der Waals surface area (Å²) in [5.41, 5.74) is -0.720. The van der Waals surface area contributed by atoms with E-state index in [1.807, 2.05) is 0 Å². The predicted molar refractivity (Wildman–Crippen MR) is 41.7 cm³/mol. The summed E-state index contributed by atoms with van der Waals surface area (Å²) < 4.78 is 36.9. The molecule has 5 heteroatoms. The SMILES string of the molecule is Cc1c(Br)ccnc1C(F)(F)F. The molecule has 0 aliphatic carbocycles. The molecular weight excluding hydrogens is 235 g/mol. The van der Waals surface area contributed by atoms with Gasteiger partial charge >= 0.3 is 6.18 Å². The summed E-state index contributed by atoms with van der Waals surface area (Å²) in [6.07, 6.45) is -3.24. The predicted octanol–water partition coefficient (Wildman–Crippen LogP) is 3.17. The van der Waals surface area contributed by atoms with Gasteiger partial charge in [-0.25, -0.2) is 0 Å². The first kappa shape index (κ1) is 9.51. The zero-order valence-corrected chi connectivity index (χ0v) is 7.70. The standard InChI is InChI=1S/C7H5BrF3N/c1-4-5(8)2-3-12-6(4)7(9,10)11/h2-3H,1H3. The molecule has 0 aliphatic heterocycles. The first-order valence-corrected chi connectivity index (χ1v) is 3.90. The molecule has 0 spiro atoms. The van der Waals surface area contributed by atoms with Crippen LogP contribution >= 0.6 is 15.9 Å². The Morgan fingerprint density at radius 2 is 2.00 bits per heavy atom. The summed E-state index contributed by atoms with van der Waals surface area (Å²) in [5.74, 6) is 0. The lowest BCUT2D eigenvalue weighted by molar-refractivity contribution is -0.141. The number of hydrogen-bond donors (Lipinski definition) is 0. The Hall–Kier alpha value is -0.580. The van der Waals surface area contributed by atoms with Crippen molar-refractivity contribution in [3.8, 4) is 0 Å². The van der Waals surface area contributed by atoms with Crippen LogP contribution in [-0.4, -0.2) is 4.98 Å². The highest BCUT2D eigenvalue weighted by molar-refractivity contribution is 9.10. The van der Waals surface area contributed by atoms with Gasteiger partial charge in [0.1, 0.15) is 5.69 Å². The number of alkyl halides is 3. The fourth-order valence-corrected chi connectivity index (χ4v) is 1.10. The lowest BCUT2D eigenvalue weighted by Gasteiger charge is -2.08. The van der Waals surface area contributed by atoms with E-state index in [4.69, 9.17) is 0 Å². The molecule has 0 saturated carbocycles. The van der Waals surface area contributed by atoms with Crippen molar-refractivity contribution in [2.45, 2.75) is 13.1 Å². The van der Waals surface area contributed by atoms with E-state index in [-0.39, 0.29) is 5.56 Å². The van der Waals surface area contributed by atoms with Crippen molar-refractivity contribution in [3.63, 3.8) is 0 Å². The molecule has 0 bridgehead atoms. The maximum atomic E-state index is 12.1. The zero-order valence-electron chi connectivity index (χ0n) is 6.11. The Balaban J connectivity index is 3.26. The summed E-state index contributed by atoms with van der Waals surface area (Å²) in [5, 5.41) is 0. The van der Waals surface area contributed by atoms with Gasteiger partial charge in [0.05, 0.1) is 0 Å². The summed E-state index contributed by atoms with van der Waals surface area (Å²) in [6, 6.07) is 1.48. The Kier molecular flexibility index (Phi) is 2.41. The molecular formula is C7H5BrF3N. The molecule has 1 nitrogen and oxygen atoms in total. The molecule has 1 heterocycles. The highest BCUT2D eigenvalue weighted by Crippen LogP contribution is 2.32. The minimum absolute atomic E-state index is 0.116. The molecule has 0 N–H and O–H groups in total. The molecule has 1 rings (SSSR count). The van der Waals surface area contributed by atoms with Gasteiger partial charge in [-0.2, -0.15) is 13.2 Å². The van der Waals surface area contributed by atoms with Crippen molar-refractivity contribution in [1.29, 1.82) is 0 Å². The number of rotatable bonds is 0. The lowest BCUT2D eigenvalue weighted by Crippen LogP contribution is -2.10. The monoisotopic (exact) mass is 239 g/mol. The summed E-state index contributed by atoms with van der Waals surface area (Å²) >= 11 is 3.00. The summed E-state index contributed by atoms with van der Waals surface area (Å²) in [4.78, 5) is 3.26. The second-order valence-electron chi connectivity index (χ2n) is 2.26. The van der Waals surface area contributed by atoms with Gasteiger partial charge in [0.15, 0.2) is 0 Å². The third kappa shape index (κ3) is 1.77. The minimum Gasteiger partial charge on any atom is -0.251 e. The molecule has 1 aromatic heterocycles. The second-order valence-corrected chi connectivity index (χ2v) is 3.12. The molecule has 0 amide bonds. The molecule has 0 unspecified atom stereocenters. The Bertz CT molecular complexity index is 295. The van der Waals surface area contributed by atoms with E-state index >= 15 is 0 Å². The molecule has 12 heavy (non-hydrogen) atoms. The van der Waals surface area contributed by atoms with Crippen LogP contribution in [0.2, 0.25) is 0 Å². The van der Waals surface area contributed by atoms with Crippen LogP contribution in [-0.2, 0) is 6.18 Å². The zero-order chi connectivity index (χ0) is 9.35.